The molecule has 1 amide bonds. The molecule has 1 aliphatic rings. The first-order chi connectivity index (χ1) is 14.8. The number of benzene rings is 2. The minimum absolute atomic E-state index is 0.0566. The average Bonchev–Trinajstić information content (AvgIpc) is 3.51. The van der Waals surface area contributed by atoms with Gasteiger partial charge in [0.2, 0.25) is 5.91 Å². The number of amides is 1. The van der Waals surface area contributed by atoms with E-state index in [-0.39, 0.29) is 22.9 Å². The fourth-order valence-corrected chi connectivity index (χ4v) is 5.80. The van der Waals surface area contributed by atoms with Crippen molar-refractivity contribution >= 4 is 44.6 Å². The van der Waals surface area contributed by atoms with Crippen LogP contribution in [-0.2, 0) is 19.4 Å². The topological polar surface area (TPSA) is 67.0 Å². The summed E-state index contributed by atoms with van der Waals surface area (Å²) in [6.45, 7) is 9.96. The summed E-state index contributed by atoms with van der Waals surface area (Å²) in [7, 11) is -3.71. The van der Waals surface area contributed by atoms with Crippen LogP contribution in [0.3, 0.4) is 0 Å². The highest BCUT2D eigenvalue weighted by Gasteiger charge is 2.37. The number of carbonyl (C=O) groups is 1. The number of nitrogens with zero attached hydrogens (tertiary/aromatic N) is 1. The molecule has 0 saturated carbocycles. The zero-order valence-corrected chi connectivity index (χ0v) is 21.3. The van der Waals surface area contributed by atoms with Crippen LogP contribution in [0.4, 0.5) is 5.69 Å². The largest absolute Gasteiger partial charge is 0.373 e. The van der Waals surface area contributed by atoms with E-state index in [9.17, 15) is 13.2 Å². The van der Waals surface area contributed by atoms with Crippen LogP contribution in [0.15, 0.2) is 47.4 Å². The minimum Gasteiger partial charge on any atom is -0.373 e. The van der Waals surface area contributed by atoms with E-state index in [0.29, 0.717) is 34.3 Å². The van der Waals surface area contributed by atoms with E-state index < -0.39 is 20.5 Å². The molecule has 5 nitrogen and oxygen atoms in total. The van der Waals surface area contributed by atoms with Gasteiger partial charge in [0.05, 0.1) is 33.6 Å². The number of epoxide rings is 1. The van der Waals surface area contributed by atoms with Crippen LogP contribution in [0.2, 0.25) is 10.0 Å². The molecule has 1 fully saturated rings. The van der Waals surface area contributed by atoms with E-state index in [2.05, 4.69) is 0 Å². The molecule has 2 unspecified atom stereocenters. The third-order valence-electron chi connectivity index (χ3n) is 5.38. The summed E-state index contributed by atoms with van der Waals surface area (Å²) >= 11 is 12.6. The molecule has 2 atom stereocenters. The Kier molecular flexibility index (Phi) is 7.30. The number of halogens is 2. The van der Waals surface area contributed by atoms with Gasteiger partial charge >= 0.3 is 0 Å². The van der Waals surface area contributed by atoms with Crippen LogP contribution in [0, 0.1) is 5.41 Å². The second-order valence-electron chi connectivity index (χ2n) is 9.41. The van der Waals surface area contributed by atoms with Crippen LogP contribution >= 0.6 is 23.2 Å². The molecule has 0 N–H and O–H groups in total. The smallest absolute Gasteiger partial charge is 0.232 e. The Morgan fingerprint density at radius 2 is 1.72 bits per heavy atom. The molecule has 174 valence electrons. The Labute approximate surface area is 200 Å². The maximum absolute atomic E-state index is 13.5. The molecule has 32 heavy (non-hydrogen) atoms. The standard InChI is InChI=1S/C24H29Cl2NO4S/c1-15(2)27(23(28)24(3,4)5)21-11-6-16(12-20(21)26)22(13-18-14-31-18)32(29,30)19-9-7-17(25)8-10-19/h6-12,15,18,22H,13-14H2,1-5H3. The van der Waals surface area contributed by atoms with Crippen molar-refractivity contribution in [3.63, 3.8) is 0 Å². The number of sulfone groups is 1. The first-order valence-corrected chi connectivity index (χ1v) is 12.9. The summed E-state index contributed by atoms with van der Waals surface area (Å²) in [5, 5.41) is -0.0221. The highest BCUT2D eigenvalue weighted by Crippen LogP contribution is 2.40. The van der Waals surface area contributed by atoms with E-state index in [4.69, 9.17) is 27.9 Å². The van der Waals surface area contributed by atoms with E-state index in [1.54, 1.807) is 35.2 Å². The fraction of sp³-hybridized carbons (Fsp3) is 0.458. The lowest BCUT2D eigenvalue weighted by Gasteiger charge is -2.33. The number of rotatable bonds is 7. The molecule has 0 bridgehead atoms. The van der Waals surface area contributed by atoms with Crippen molar-refractivity contribution in [2.24, 2.45) is 5.41 Å². The molecule has 0 spiro atoms. The van der Waals surface area contributed by atoms with Gasteiger partial charge in [-0.1, -0.05) is 50.0 Å². The molecule has 2 aromatic rings. The molecule has 3 rings (SSSR count). The number of hydrogen-bond donors (Lipinski definition) is 0. The van der Waals surface area contributed by atoms with Gasteiger partial charge in [-0.25, -0.2) is 8.42 Å². The predicted octanol–water partition coefficient (Wildman–Crippen LogP) is 6.08. The van der Waals surface area contributed by atoms with Crippen molar-refractivity contribution in [3.05, 3.63) is 58.1 Å². The van der Waals surface area contributed by atoms with Gasteiger partial charge in [-0.3, -0.25) is 4.79 Å². The maximum atomic E-state index is 13.5. The highest BCUT2D eigenvalue weighted by atomic mass is 35.5. The first kappa shape index (κ1) is 25.0. The summed E-state index contributed by atoms with van der Waals surface area (Å²) in [5.41, 5.74) is 0.544. The number of carbonyl (C=O) groups excluding carboxylic acids is 1. The third-order valence-corrected chi connectivity index (χ3v) is 8.07. The zero-order valence-electron chi connectivity index (χ0n) is 18.9. The molecule has 2 aromatic carbocycles. The monoisotopic (exact) mass is 497 g/mol. The summed E-state index contributed by atoms with van der Waals surface area (Å²) < 4.78 is 32.3. The number of hydrogen-bond acceptors (Lipinski definition) is 4. The van der Waals surface area contributed by atoms with Crippen molar-refractivity contribution in [2.75, 3.05) is 11.5 Å². The van der Waals surface area contributed by atoms with Gasteiger partial charge in [0, 0.05) is 16.5 Å². The predicted molar refractivity (Wildman–Crippen MR) is 129 cm³/mol. The number of ether oxygens (including phenoxy) is 1. The van der Waals surface area contributed by atoms with Gasteiger partial charge in [0.15, 0.2) is 9.84 Å². The quantitative estimate of drug-likeness (QED) is 0.434. The van der Waals surface area contributed by atoms with Crippen LogP contribution in [-0.4, -0.2) is 33.1 Å². The fourth-order valence-electron chi connectivity index (χ4n) is 3.58. The summed E-state index contributed by atoms with van der Waals surface area (Å²) in [5.74, 6) is -0.0566. The van der Waals surface area contributed by atoms with E-state index in [0.717, 1.165) is 0 Å². The van der Waals surface area contributed by atoms with Gasteiger partial charge in [0.25, 0.3) is 0 Å². The molecule has 1 saturated heterocycles. The normalized spacial score (nSPS) is 17.3. The van der Waals surface area contributed by atoms with Crippen LogP contribution in [0.1, 0.15) is 51.9 Å². The lowest BCUT2D eigenvalue weighted by atomic mass is 9.93. The van der Waals surface area contributed by atoms with E-state index in [1.807, 2.05) is 34.6 Å². The van der Waals surface area contributed by atoms with E-state index in [1.165, 1.54) is 12.1 Å². The summed E-state index contributed by atoms with van der Waals surface area (Å²) in [6.07, 6.45) is 0.227. The van der Waals surface area contributed by atoms with Crippen LogP contribution in [0.5, 0.6) is 0 Å². The van der Waals surface area contributed by atoms with Crippen molar-refractivity contribution in [2.45, 2.75) is 63.3 Å². The maximum Gasteiger partial charge on any atom is 0.232 e. The highest BCUT2D eigenvalue weighted by molar-refractivity contribution is 7.91. The Bertz CT molecular complexity index is 1090. The second kappa shape index (κ2) is 9.34. The third kappa shape index (κ3) is 5.48. The Morgan fingerprint density at radius 1 is 1.12 bits per heavy atom. The first-order valence-electron chi connectivity index (χ1n) is 10.6. The molecule has 0 aliphatic carbocycles. The molecule has 0 radical (unpaired) electrons. The number of anilines is 1. The van der Waals surface area contributed by atoms with Gasteiger partial charge in [-0.15, -0.1) is 0 Å². The Balaban J connectivity index is 2.03. The van der Waals surface area contributed by atoms with Gasteiger partial charge in [-0.05, 0) is 62.2 Å². The SMILES string of the molecule is CC(C)N(C(=O)C(C)(C)C)c1ccc(C(CC2CO2)S(=O)(=O)c2ccc(Cl)cc2)cc1Cl. The molecular formula is C24H29Cl2NO4S. The minimum atomic E-state index is -3.71. The van der Waals surface area contributed by atoms with Gasteiger partial charge < -0.3 is 9.64 Å². The van der Waals surface area contributed by atoms with Crippen LogP contribution < -0.4 is 4.90 Å². The van der Waals surface area contributed by atoms with Crippen LogP contribution in [0.25, 0.3) is 0 Å². The molecule has 0 aromatic heterocycles. The summed E-state index contributed by atoms with van der Waals surface area (Å²) in [6, 6.07) is 11.2. The molecule has 8 heteroatoms. The van der Waals surface area contributed by atoms with Gasteiger partial charge in [-0.2, -0.15) is 0 Å². The molecule has 1 aliphatic heterocycles. The second-order valence-corrected chi connectivity index (χ2v) is 12.4. The Morgan fingerprint density at radius 3 is 2.19 bits per heavy atom. The average molecular weight is 498 g/mol. The van der Waals surface area contributed by atoms with Crippen molar-refractivity contribution < 1.29 is 17.9 Å². The van der Waals surface area contributed by atoms with Crippen molar-refractivity contribution in [1.82, 2.24) is 0 Å². The molecule has 1 heterocycles. The molecular weight excluding hydrogens is 469 g/mol. The van der Waals surface area contributed by atoms with E-state index >= 15 is 0 Å². The van der Waals surface area contributed by atoms with Crippen molar-refractivity contribution in [1.29, 1.82) is 0 Å². The lowest BCUT2D eigenvalue weighted by Crippen LogP contribution is -2.44. The lowest BCUT2D eigenvalue weighted by molar-refractivity contribution is -0.126. The summed E-state index contributed by atoms with van der Waals surface area (Å²) in [4.78, 5) is 14.9. The van der Waals surface area contributed by atoms with Crippen molar-refractivity contribution in [3.8, 4) is 0 Å². The van der Waals surface area contributed by atoms with Gasteiger partial charge in [0.1, 0.15) is 0 Å². The Hall–Kier alpha value is -1.60. The zero-order chi connectivity index (χ0) is 23.8.